The van der Waals surface area contributed by atoms with Crippen LogP contribution < -0.4 is 5.32 Å². The van der Waals surface area contributed by atoms with Crippen molar-refractivity contribution in [3.05, 3.63) is 23.8 Å². The normalized spacial score (nSPS) is 16.7. The SMILES string of the molecule is N#CC(NCC1CC1)c1ccc(O)c(O)c1. The summed E-state index contributed by atoms with van der Waals surface area (Å²) in [4.78, 5) is 0. The fourth-order valence-electron chi connectivity index (χ4n) is 1.56. The summed E-state index contributed by atoms with van der Waals surface area (Å²) < 4.78 is 0. The predicted molar refractivity (Wildman–Crippen MR) is 58.9 cm³/mol. The number of nitrogens with zero attached hydrogens (tertiary/aromatic N) is 1. The molecule has 0 heterocycles. The third-order valence-electron chi connectivity index (χ3n) is 2.77. The summed E-state index contributed by atoms with van der Waals surface area (Å²) in [6.07, 6.45) is 2.46. The highest BCUT2D eigenvalue weighted by molar-refractivity contribution is 5.42. The first-order chi connectivity index (χ1) is 7.70. The number of aromatic hydroxyl groups is 2. The first kappa shape index (κ1) is 10.8. The zero-order valence-electron chi connectivity index (χ0n) is 8.85. The second-order valence-electron chi connectivity index (χ2n) is 4.16. The molecule has 1 atom stereocenters. The summed E-state index contributed by atoms with van der Waals surface area (Å²) in [7, 11) is 0. The minimum absolute atomic E-state index is 0.164. The van der Waals surface area contributed by atoms with Gasteiger partial charge in [-0.1, -0.05) is 6.07 Å². The molecule has 0 radical (unpaired) electrons. The molecule has 1 saturated carbocycles. The van der Waals surface area contributed by atoms with Crippen molar-refractivity contribution in [2.24, 2.45) is 5.92 Å². The van der Waals surface area contributed by atoms with Crippen LogP contribution in [-0.2, 0) is 0 Å². The van der Waals surface area contributed by atoms with Gasteiger partial charge in [0.2, 0.25) is 0 Å². The van der Waals surface area contributed by atoms with Crippen LogP contribution in [0.4, 0.5) is 0 Å². The Bertz CT molecular complexity index is 422. The van der Waals surface area contributed by atoms with Crippen LogP contribution in [0.3, 0.4) is 0 Å². The lowest BCUT2D eigenvalue weighted by atomic mass is 10.1. The van der Waals surface area contributed by atoms with Gasteiger partial charge < -0.3 is 10.2 Å². The van der Waals surface area contributed by atoms with Gasteiger partial charge in [0.25, 0.3) is 0 Å². The molecule has 4 heteroatoms. The van der Waals surface area contributed by atoms with E-state index in [9.17, 15) is 10.2 Å². The van der Waals surface area contributed by atoms with Crippen LogP contribution in [0.1, 0.15) is 24.4 Å². The van der Waals surface area contributed by atoms with E-state index < -0.39 is 6.04 Å². The smallest absolute Gasteiger partial charge is 0.157 e. The molecule has 2 rings (SSSR count). The quantitative estimate of drug-likeness (QED) is 0.672. The predicted octanol–water partition coefficient (Wildman–Crippen LogP) is 1.66. The summed E-state index contributed by atoms with van der Waals surface area (Å²) in [6, 6.07) is 6.18. The van der Waals surface area contributed by atoms with Crippen LogP contribution >= 0.6 is 0 Å². The fraction of sp³-hybridized carbons (Fsp3) is 0.417. The average molecular weight is 218 g/mol. The average Bonchev–Trinajstić information content (AvgIpc) is 3.08. The van der Waals surface area contributed by atoms with Crippen LogP contribution in [0.2, 0.25) is 0 Å². The van der Waals surface area contributed by atoms with Gasteiger partial charge in [-0.3, -0.25) is 5.32 Å². The minimum Gasteiger partial charge on any atom is -0.504 e. The van der Waals surface area contributed by atoms with Crippen LogP contribution in [-0.4, -0.2) is 16.8 Å². The molecule has 1 aliphatic rings. The Kier molecular flexibility index (Phi) is 2.97. The molecule has 1 aromatic carbocycles. The molecule has 3 N–H and O–H groups in total. The van der Waals surface area contributed by atoms with Gasteiger partial charge >= 0.3 is 0 Å². The monoisotopic (exact) mass is 218 g/mol. The third-order valence-corrected chi connectivity index (χ3v) is 2.77. The molecule has 1 aromatic rings. The molecule has 16 heavy (non-hydrogen) atoms. The van der Waals surface area contributed by atoms with Crippen LogP contribution in [0, 0.1) is 17.2 Å². The van der Waals surface area contributed by atoms with Crippen molar-refractivity contribution in [1.29, 1.82) is 5.26 Å². The molecule has 1 fully saturated rings. The molecule has 0 bridgehead atoms. The third kappa shape index (κ3) is 2.44. The van der Waals surface area contributed by atoms with Crippen LogP contribution in [0.15, 0.2) is 18.2 Å². The van der Waals surface area contributed by atoms with Gasteiger partial charge in [0.1, 0.15) is 6.04 Å². The summed E-state index contributed by atoms with van der Waals surface area (Å²) in [6.45, 7) is 0.833. The molecule has 0 amide bonds. The Morgan fingerprint density at radius 2 is 2.12 bits per heavy atom. The molecular weight excluding hydrogens is 204 g/mol. The lowest BCUT2D eigenvalue weighted by molar-refractivity contribution is 0.402. The standard InChI is InChI=1S/C12H14N2O2/c13-6-10(14-7-8-1-2-8)9-3-4-11(15)12(16)5-9/h3-5,8,10,14-16H,1-2,7H2. The van der Waals surface area contributed by atoms with E-state index in [2.05, 4.69) is 11.4 Å². The van der Waals surface area contributed by atoms with Gasteiger partial charge in [-0.05, 0) is 43.0 Å². The maximum Gasteiger partial charge on any atom is 0.157 e. The first-order valence-electron chi connectivity index (χ1n) is 5.35. The number of nitrogens with one attached hydrogen (secondary N) is 1. The van der Waals surface area contributed by atoms with Crippen molar-refractivity contribution in [2.75, 3.05) is 6.54 Å². The molecule has 0 saturated heterocycles. The van der Waals surface area contributed by atoms with E-state index in [0.717, 1.165) is 6.54 Å². The molecule has 84 valence electrons. The Morgan fingerprint density at radius 3 is 2.69 bits per heavy atom. The lowest BCUT2D eigenvalue weighted by Gasteiger charge is -2.12. The highest BCUT2D eigenvalue weighted by atomic mass is 16.3. The van der Waals surface area contributed by atoms with Crippen molar-refractivity contribution in [3.63, 3.8) is 0 Å². The maximum absolute atomic E-state index is 9.35. The van der Waals surface area contributed by atoms with Gasteiger partial charge in [0, 0.05) is 0 Å². The maximum atomic E-state index is 9.35. The molecule has 0 aliphatic heterocycles. The van der Waals surface area contributed by atoms with Crippen molar-refractivity contribution in [1.82, 2.24) is 5.32 Å². The molecule has 4 nitrogen and oxygen atoms in total. The number of hydrogen-bond donors (Lipinski definition) is 3. The Labute approximate surface area is 94.1 Å². The summed E-state index contributed by atoms with van der Waals surface area (Å²) in [5, 5.41) is 30.7. The largest absolute Gasteiger partial charge is 0.504 e. The van der Waals surface area contributed by atoms with Crippen molar-refractivity contribution < 1.29 is 10.2 Å². The minimum atomic E-state index is -0.424. The van der Waals surface area contributed by atoms with Crippen molar-refractivity contribution in [2.45, 2.75) is 18.9 Å². The second kappa shape index (κ2) is 4.42. The molecular formula is C12H14N2O2. The highest BCUT2D eigenvalue weighted by Gasteiger charge is 2.22. The van der Waals surface area contributed by atoms with E-state index in [4.69, 9.17) is 5.26 Å². The number of phenols is 2. The Hall–Kier alpha value is -1.73. The van der Waals surface area contributed by atoms with Gasteiger partial charge in [-0.2, -0.15) is 5.26 Å². The number of benzene rings is 1. The zero-order chi connectivity index (χ0) is 11.5. The van der Waals surface area contributed by atoms with E-state index in [0.29, 0.717) is 11.5 Å². The Balaban J connectivity index is 2.06. The number of hydrogen-bond acceptors (Lipinski definition) is 4. The Morgan fingerprint density at radius 1 is 1.38 bits per heavy atom. The van der Waals surface area contributed by atoms with Crippen molar-refractivity contribution >= 4 is 0 Å². The van der Waals surface area contributed by atoms with Crippen molar-refractivity contribution in [3.8, 4) is 17.6 Å². The number of nitriles is 1. The lowest BCUT2D eigenvalue weighted by Crippen LogP contribution is -2.22. The van der Waals surface area contributed by atoms with E-state index >= 15 is 0 Å². The van der Waals surface area contributed by atoms with Crippen LogP contribution in [0.25, 0.3) is 0 Å². The number of rotatable bonds is 4. The molecule has 0 spiro atoms. The number of phenolic OH excluding ortho intramolecular Hbond substituents is 2. The van der Waals surface area contributed by atoms with Crippen LogP contribution in [0.5, 0.6) is 11.5 Å². The van der Waals surface area contributed by atoms with Gasteiger partial charge in [0.15, 0.2) is 11.5 Å². The van der Waals surface area contributed by atoms with E-state index in [-0.39, 0.29) is 11.5 Å². The summed E-state index contributed by atoms with van der Waals surface area (Å²) in [5.74, 6) is 0.343. The first-order valence-corrected chi connectivity index (χ1v) is 5.35. The second-order valence-corrected chi connectivity index (χ2v) is 4.16. The molecule has 0 aromatic heterocycles. The fourth-order valence-corrected chi connectivity index (χ4v) is 1.56. The summed E-state index contributed by atoms with van der Waals surface area (Å²) in [5.41, 5.74) is 0.679. The van der Waals surface area contributed by atoms with E-state index in [1.54, 1.807) is 6.07 Å². The topological polar surface area (TPSA) is 76.3 Å². The van der Waals surface area contributed by atoms with Gasteiger partial charge in [0.05, 0.1) is 6.07 Å². The zero-order valence-corrected chi connectivity index (χ0v) is 8.85. The van der Waals surface area contributed by atoms with E-state index in [1.165, 1.54) is 25.0 Å². The molecule has 1 aliphatic carbocycles. The summed E-state index contributed by atoms with van der Waals surface area (Å²) >= 11 is 0. The van der Waals surface area contributed by atoms with E-state index in [1.807, 2.05) is 0 Å². The molecule has 1 unspecified atom stereocenters. The van der Waals surface area contributed by atoms with Gasteiger partial charge in [-0.25, -0.2) is 0 Å². The van der Waals surface area contributed by atoms with Gasteiger partial charge in [-0.15, -0.1) is 0 Å². The highest BCUT2D eigenvalue weighted by Crippen LogP contribution is 2.30.